The van der Waals surface area contributed by atoms with Gasteiger partial charge in [-0.25, -0.2) is 0 Å². The van der Waals surface area contributed by atoms with Crippen molar-refractivity contribution in [1.29, 1.82) is 0 Å². The molecule has 5 heteroatoms. The van der Waals surface area contributed by atoms with E-state index >= 15 is 0 Å². The van der Waals surface area contributed by atoms with E-state index in [4.69, 9.17) is 0 Å². The number of halogens is 1. The fraction of sp³-hybridized carbons (Fsp3) is 0.667. The minimum absolute atomic E-state index is 0.150. The van der Waals surface area contributed by atoms with Gasteiger partial charge in [0.2, 0.25) is 0 Å². The molecule has 0 fully saturated rings. The average molecular weight is 508 g/mol. The number of nitrogens with zero attached hydrogens (tertiary/aromatic N) is 2. The van der Waals surface area contributed by atoms with E-state index in [1.54, 1.807) is 18.5 Å². The van der Waals surface area contributed by atoms with Crippen LogP contribution in [-0.4, -0.2) is 33.6 Å². The molecule has 0 spiro atoms. The Labute approximate surface area is 181 Å². The number of aromatic nitrogens is 3. The number of rotatable bonds is 16. The fourth-order valence-electron chi connectivity index (χ4n) is 4.39. The van der Waals surface area contributed by atoms with Gasteiger partial charge in [0.1, 0.15) is 0 Å². The van der Waals surface area contributed by atoms with E-state index in [9.17, 15) is 4.39 Å². The summed E-state index contributed by atoms with van der Waals surface area (Å²) in [5.74, 6) is -0.150. The molecule has 29 heavy (non-hydrogen) atoms. The van der Waals surface area contributed by atoms with E-state index < -0.39 is 18.4 Å². The number of unbranched alkanes of at least 4 members (excludes halogenated alkanes) is 10. The van der Waals surface area contributed by atoms with Gasteiger partial charge in [-0.15, -0.1) is 0 Å². The van der Waals surface area contributed by atoms with Gasteiger partial charge in [-0.05, 0) is 0 Å². The summed E-state index contributed by atoms with van der Waals surface area (Å²) in [6.45, 7) is 4.53. The molecule has 0 saturated carbocycles. The molecular formula is C24H40FN3Sn. The number of nitrogens with one attached hydrogen (secondary N) is 1. The summed E-state index contributed by atoms with van der Waals surface area (Å²) in [6.07, 6.45) is 17.4. The topological polar surface area (TPSA) is 41.6 Å². The quantitative estimate of drug-likeness (QED) is 0.216. The second-order valence-electron chi connectivity index (χ2n) is 8.45. The van der Waals surface area contributed by atoms with Crippen LogP contribution in [0.15, 0.2) is 30.6 Å². The van der Waals surface area contributed by atoms with Gasteiger partial charge in [0.25, 0.3) is 0 Å². The van der Waals surface area contributed by atoms with E-state index in [0.717, 1.165) is 3.84 Å². The molecule has 1 heterocycles. The minimum atomic E-state index is -3.03. The zero-order valence-electron chi connectivity index (χ0n) is 18.6. The molecule has 1 aromatic heterocycles. The van der Waals surface area contributed by atoms with Crippen LogP contribution >= 0.6 is 0 Å². The second kappa shape index (κ2) is 14.2. The predicted octanol–water partition coefficient (Wildman–Crippen LogP) is 6.23. The molecule has 0 aliphatic rings. The third-order valence-electron chi connectivity index (χ3n) is 6.15. The van der Waals surface area contributed by atoms with Crippen LogP contribution in [0.5, 0.6) is 0 Å². The summed E-state index contributed by atoms with van der Waals surface area (Å²) >= 11 is -3.03. The van der Waals surface area contributed by atoms with Gasteiger partial charge in [-0.1, -0.05) is 0 Å². The first-order valence-corrected chi connectivity index (χ1v) is 18.7. The molecule has 0 bridgehead atoms. The normalized spacial score (nSPS) is 11.8. The Morgan fingerprint density at radius 2 is 1.28 bits per heavy atom. The Bertz CT molecular complexity index is 627. The molecule has 0 aliphatic carbocycles. The number of aromatic amines is 1. The molecule has 1 aromatic carbocycles. The van der Waals surface area contributed by atoms with Crippen molar-refractivity contribution < 1.29 is 4.39 Å². The van der Waals surface area contributed by atoms with Crippen LogP contribution in [0.4, 0.5) is 4.39 Å². The second-order valence-corrected chi connectivity index (χ2v) is 20.4. The van der Waals surface area contributed by atoms with E-state index in [0.29, 0.717) is 0 Å². The molecule has 2 rings (SSSR count). The number of hydrogen-bond acceptors (Lipinski definition) is 2. The third kappa shape index (κ3) is 8.03. The molecule has 0 atom stereocenters. The van der Waals surface area contributed by atoms with Gasteiger partial charge in [0, 0.05) is 0 Å². The Morgan fingerprint density at radius 3 is 1.76 bits per heavy atom. The Morgan fingerprint density at radius 1 is 0.759 bits per heavy atom. The summed E-state index contributed by atoms with van der Waals surface area (Å²) < 4.78 is 18.6. The number of benzene rings is 1. The zero-order valence-corrected chi connectivity index (χ0v) is 21.4. The Hall–Kier alpha value is -0.911. The van der Waals surface area contributed by atoms with Crippen LogP contribution in [-0.2, 0) is 0 Å². The van der Waals surface area contributed by atoms with Crippen LogP contribution in [0.2, 0.25) is 8.87 Å². The van der Waals surface area contributed by atoms with Gasteiger partial charge in [0.05, 0.1) is 0 Å². The van der Waals surface area contributed by atoms with Gasteiger partial charge >= 0.3 is 182 Å². The van der Waals surface area contributed by atoms with Gasteiger partial charge < -0.3 is 0 Å². The van der Waals surface area contributed by atoms with Gasteiger partial charge in [-0.2, -0.15) is 0 Å². The molecule has 1 N–H and O–H groups in total. The third-order valence-corrected chi connectivity index (χ3v) is 20.3. The van der Waals surface area contributed by atoms with E-state index in [2.05, 4.69) is 29.0 Å². The first-order chi connectivity index (χ1) is 14.2. The molecule has 0 saturated heterocycles. The summed E-state index contributed by atoms with van der Waals surface area (Å²) in [5, 5.41) is 7.58. The van der Waals surface area contributed by atoms with Crippen LogP contribution in [0.25, 0.3) is 0 Å². The first-order valence-electron chi connectivity index (χ1n) is 11.8. The van der Waals surface area contributed by atoms with E-state index in [-0.39, 0.29) is 5.82 Å². The van der Waals surface area contributed by atoms with Crippen molar-refractivity contribution in [2.75, 3.05) is 0 Å². The number of H-pyrrole nitrogens is 1. The zero-order chi connectivity index (χ0) is 20.8. The van der Waals surface area contributed by atoms with Crippen molar-refractivity contribution in [1.82, 2.24) is 15.2 Å². The SMILES string of the molecule is CCCCCCC[CH2][Sn]([CH2]CCCCCCC)([c]1ccc(F)cc1)[c]1nc[nH]n1. The van der Waals surface area contributed by atoms with Crippen molar-refractivity contribution >= 4 is 25.8 Å². The molecule has 3 nitrogen and oxygen atoms in total. The van der Waals surface area contributed by atoms with E-state index in [1.165, 1.54) is 89.5 Å². The number of hydrogen-bond donors (Lipinski definition) is 1. The monoisotopic (exact) mass is 509 g/mol. The van der Waals surface area contributed by atoms with Crippen molar-refractivity contribution in [3.05, 3.63) is 36.4 Å². The maximum atomic E-state index is 13.7. The van der Waals surface area contributed by atoms with Crippen molar-refractivity contribution in [3.63, 3.8) is 0 Å². The summed E-state index contributed by atoms with van der Waals surface area (Å²) in [7, 11) is 0. The van der Waals surface area contributed by atoms with Gasteiger partial charge in [-0.3, -0.25) is 0 Å². The Balaban J connectivity index is 2.12. The molecule has 0 radical (unpaired) electrons. The van der Waals surface area contributed by atoms with Crippen molar-refractivity contribution in [2.24, 2.45) is 0 Å². The van der Waals surface area contributed by atoms with Gasteiger partial charge in [0.15, 0.2) is 0 Å². The molecule has 162 valence electrons. The maximum absolute atomic E-state index is 13.7. The first kappa shape index (κ1) is 24.4. The van der Waals surface area contributed by atoms with Crippen LogP contribution in [0.3, 0.4) is 0 Å². The standard InChI is InChI=1S/2C8H17.C6H4F.C2H2N3.Sn/c2*1-3-5-7-8-6-4-2;7-6-4-2-1-3-5-6;1-3-2-5-4-1;/h2*1,3-8H2,2H3;2-5H;1H,(H,3,4,5);. The van der Waals surface area contributed by atoms with Crippen molar-refractivity contribution in [3.8, 4) is 0 Å². The summed E-state index contributed by atoms with van der Waals surface area (Å²) in [4.78, 5) is 4.68. The van der Waals surface area contributed by atoms with Crippen molar-refractivity contribution in [2.45, 2.75) is 99.8 Å². The summed E-state index contributed by atoms with van der Waals surface area (Å²) in [6, 6.07) is 7.35. The molecule has 0 unspecified atom stereocenters. The molecule has 0 amide bonds. The van der Waals surface area contributed by atoms with E-state index in [1.807, 2.05) is 12.1 Å². The molecule has 2 aromatic rings. The predicted molar refractivity (Wildman–Crippen MR) is 124 cm³/mol. The molecular weight excluding hydrogens is 468 g/mol. The fourth-order valence-corrected chi connectivity index (χ4v) is 17.6. The van der Waals surface area contributed by atoms with Crippen LogP contribution in [0, 0.1) is 5.82 Å². The Kier molecular flexibility index (Phi) is 11.9. The summed E-state index contributed by atoms with van der Waals surface area (Å²) in [5.41, 5.74) is 0. The van der Waals surface area contributed by atoms with Crippen LogP contribution in [0.1, 0.15) is 90.9 Å². The average Bonchev–Trinajstić information content (AvgIpc) is 3.28. The van der Waals surface area contributed by atoms with Crippen LogP contribution < -0.4 is 7.42 Å². The molecule has 0 aliphatic heterocycles.